The number of hydrogen-bond acceptors (Lipinski definition) is 6. The molecular weight excluding hydrogens is 364 g/mol. The summed E-state index contributed by atoms with van der Waals surface area (Å²) in [6.45, 7) is 3.25. The Morgan fingerprint density at radius 2 is 1.93 bits per heavy atom. The van der Waals surface area contributed by atoms with Gasteiger partial charge in [-0.1, -0.05) is 18.2 Å². The molecule has 0 amide bonds. The maximum Gasteiger partial charge on any atom is 0.338 e. The fourth-order valence-corrected chi connectivity index (χ4v) is 2.99. The molecule has 28 heavy (non-hydrogen) atoms. The van der Waals surface area contributed by atoms with Crippen molar-refractivity contribution >= 4 is 28.3 Å². The molecule has 8 heteroatoms. The lowest BCUT2D eigenvalue weighted by Gasteiger charge is -2.07. The highest BCUT2D eigenvalue weighted by atomic mass is 16.6. The number of nitro groups is 1. The number of benzene rings is 2. The predicted molar refractivity (Wildman–Crippen MR) is 102 cm³/mol. The van der Waals surface area contributed by atoms with Crippen molar-refractivity contribution in [2.45, 2.75) is 13.8 Å². The van der Waals surface area contributed by atoms with Crippen molar-refractivity contribution in [3.8, 4) is 5.75 Å². The minimum Gasteiger partial charge on any atom is -0.487 e. The number of carbonyl (C=O) groups is 2. The van der Waals surface area contributed by atoms with E-state index in [0.29, 0.717) is 11.3 Å². The average molecular weight is 382 g/mol. The first-order valence-corrected chi connectivity index (χ1v) is 8.61. The SMILES string of the molecule is CCOc1ccc(C(=O)OCC(=O)c2c(C)[nH]c3ccccc23)cc1[N+](=O)[O-]. The predicted octanol–water partition coefficient (Wildman–Crippen LogP) is 3.82. The third kappa shape index (κ3) is 3.71. The van der Waals surface area contributed by atoms with E-state index < -0.39 is 17.5 Å². The zero-order valence-electron chi connectivity index (χ0n) is 15.4. The van der Waals surface area contributed by atoms with Gasteiger partial charge in [0.15, 0.2) is 12.4 Å². The van der Waals surface area contributed by atoms with Crippen molar-refractivity contribution in [1.29, 1.82) is 0 Å². The van der Waals surface area contributed by atoms with Crippen LogP contribution in [0, 0.1) is 17.0 Å². The number of aromatic amines is 1. The van der Waals surface area contributed by atoms with E-state index in [-0.39, 0.29) is 29.4 Å². The highest BCUT2D eigenvalue weighted by molar-refractivity contribution is 6.10. The standard InChI is InChI=1S/C20H18N2O6/c1-3-27-18-9-8-13(10-16(18)22(25)26)20(24)28-11-17(23)19-12(2)21-15-7-5-4-6-14(15)19/h4-10,21H,3,11H2,1-2H3. The second-order valence-electron chi connectivity index (χ2n) is 6.04. The molecule has 0 spiro atoms. The summed E-state index contributed by atoms with van der Waals surface area (Å²) >= 11 is 0. The summed E-state index contributed by atoms with van der Waals surface area (Å²) in [6, 6.07) is 11.1. The fraction of sp³-hybridized carbons (Fsp3) is 0.200. The first-order valence-electron chi connectivity index (χ1n) is 8.61. The van der Waals surface area contributed by atoms with E-state index in [4.69, 9.17) is 9.47 Å². The molecule has 0 saturated heterocycles. The number of fused-ring (bicyclic) bond motifs is 1. The molecule has 2 aromatic carbocycles. The quantitative estimate of drug-likeness (QED) is 0.288. The molecule has 0 aliphatic heterocycles. The minimum atomic E-state index is -0.822. The molecule has 0 aliphatic carbocycles. The summed E-state index contributed by atoms with van der Waals surface area (Å²) < 4.78 is 10.3. The Kier molecular flexibility index (Phi) is 5.39. The number of esters is 1. The van der Waals surface area contributed by atoms with Crippen LogP contribution in [0.1, 0.15) is 33.3 Å². The van der Waals surface area contributed by atoms with E-state index >= 15 is 0 Å². The normalized spacial score (nSPS) is 10.6. The van der Waals surface area contributed by atoms with Gasteiger partial charge in [-0.05, 0) is 32.0 Å². The molecule has 0 saturated carbocycles. The monoisotopic (exact) mass is 382 g/mol. The molecule has 1 N–H and O–H groups in total. The molecule has 0 radical (unpaired) electrons. The first-order chi connectivity index (χ1) is 13.4. The Balaban J connectivity index is 1.76. The van der Waals surface area contributed by atoms with Crippen LogP contribution >= 0.6 is 0 Å². The van der Waals surface area contributed by atoms with Gasteiger partial charge >= 0.3 is 11.7 Å². The Morgan fingerprint density at radius 3 is 2.64 bits per heavy atom. The third-order valence-corrected chi connectivity index (χ3v) is 4.20. The second kappa shape index (κ2) is 7.91. The van der Waals surface area contributed by atoms with Gasteiger partial charge in [0, 0.05) is 28.2 Å². The topological polar surface area (TPSA) is 112 Å². The molecule has 3 rings (SSSR count). The van der Waals surface area contributed by atoms with Gasteiger partial charge < -0.3 is 14.5 Å². The zero-order chi connectivity index (χ0) is 20.3. The van der Waals surface area contributed by atoms with E-state index in [2.05, 4.69) is 4.98 Å². The minimum absolute atomic E-state index is 0.0291. The lowest BCUT2D eigenvalue weighted by molar-refractivity contribution is -0.385. The third-order valence-electron chi connectivity index (χ3n) is 4.20. The van der Waals surface area contributed by atoms with Crippen LogP contribution < -0.4 is 4.74 Å². The van der Waals surface area contributed by atoms with Gasteiger partial charge in [0.05, 0.1) is 17.1 Å². The zero-order valence-corrected chi connectivity index (χ0v) is 15.4. The summed E-state index contributed by atoms with van der Waals surface area (Å²) in [6.07, 6.45) is 0. The van der Waals surface area contributed by atoms with Crippen molar-refractivity contribution in [2.24, 2.45) is 0 Å². The van der Waals surface area contributed by atoms with Gasteiger partial charge in [0.1, 0.15) is 0 Å². The van der Waals surface area contributed by atoms with E-state index in [1.807, 2.05) is 24.3 Å². The molecule has 3 aromatic rings. The largest absolute Gasteiger partial charge is 0.487 e. The molecule has 1 heterocycles. The maximum absolute atomic E-state index is 12.6. The van der Waals surface area contributed by atoms with Crippen molar-refractivity contribution in [2.75, 3.05) is 13.2 Å². The van der Waals surface area contributed by atoms with Gasteiger partial charge in [0.2, 0.25) is 5.78 Å². The molecule has 0 unspecified atom stereocenters. The Labute approximate surface area is 160 Å². The number of hydrogen-bond donors (Lipinski definition) is 1. The maximum atomic E-state index is 12.6. The number of aromatic nitrogens is 1. The van der Waals surface area contributed by atoms with E-state index in [0.717, 1.165) is 17.0 Å². The number of Topliss-reactive ketones (excluding diaryl/α,β-unsaturated/α-hetero) is 1. The fourth-order valence-electron chi connectivity index (χ4n) is 2.99. The molecular formula is C20H18N2O6. The molecule has 0 atom stereocenters. The molecule has 0 bridgehead atoms. The van der Waals surface area contributed by atoms with Crippen LogP contribution in [0.2, 0.25) is 0 Å². The Bertz CT molecular complexity index is 1070. The van der Waals surface area contributed by atoms with E-state index in [1.165, 1.54) is 12.1 Å². The Morgan fingerprint density at radius 1 is 1.18 bits per heavy atom. The first kappa shape index (κ1) is 19.1. The number of nitrogens with zero attached hydrogens (tertiary/aromatic N) is 1. The van der Waals surface area contributed by atoms with Crippen LogP contribution in [-0.2, 0) is 4.74 Å². The van der Waals surface area contributed by atoms with Crippen molar-refractivity contribution in [1.82, 2.24) is 4.98 Å². The number of ether oxygens (including phenoxy) is 2. The van der Waals surface area contributed by atoms with Crippen LogP contribution in [-0.4, -0.2) is 34.9 Å². The van der Waals surface area contributed by atoms with E-state index in [1.54, 1.807) is 13.8 Å². The summed E-state index contributed by atoms with van der Waals surface area (Å²) in [5.41, 5.74) is 1.59. The molecule has 144 valence electrons. The van der Waals surface area contributed by atoms with Gasteiger partial charge in [-0.3, -0.25) is 14.9 Å². The van der Waals surface area contributed by atoms with Crippen molar-refractivity contribution in [3.05, 3.63) is 69.4 Å². The number of carbonyl (C=O) groups excluding carboxylic acids is 2. The van der Waals surface area contributed by atoms with Crippen molar-refractivity contribution < 1.29 is 24.0 Å². The molecule has 0 fully saturated rings. The van der Waals surface area contributed by atoms with E-state index in [9.17, 15) is 19.7 Å². The number of nitrogens with one attached hydrogen (secondary N) is 1. The van der Waals surface area contributed by atoms with Crippen LogP contribution in [0.15, 0.2) is 42.5 Å². The number of nitro benzene ring substituents is 1. The number of aryl methyl sites for hydroxylation is 1. The summed E-state index contributed by atoms with van der Waals surface area (Å²) in [5, 5.41) is 11.9. The van der Waals surface area contributed by atoms with Crippen LogP contribution in [0.5, 0.6) is 5.75 Å². The van der Waals surface area contributed by atoms with Crippen LogP contribution in [0.4, 0.5) is 5.69 Å². The molecule has 8 nitrogen and oxygen atoms in total. The summed E-state index contributed by atoms with van der Waals surface area (Å²) in [5.74, 6) is -1.12. The summed E-state index contributed by atoms with van der Waals surface area (Å²) in [7, 11) is 0. The summed E-state index contributed by atoms with van der Waals surface area (Å²) in [4.78, 5) is 38.5. The lowest BCUT2D eigenvalue weighted by Crippen LogP contribution is -2.15. The Hall–Kier alpha value is -3.68. The van der Waals surface area contributed by atoms with Gasteiger partial charge in [-0.15, -0.1) is 0 Å². The highest BCUT2D eigenvalue weighted by Gasteiger charge is 2.21. The molecule has 1 aromatic heterocycles. The lowest BCUT2D eigenvalue weighted by atomic mass is 10.1. The number of ketones is 1. The molecule has 0 aliphatic rings. The van der Waals surface area contributed by atoms with Crippen LogP contribution in [0.3, 0.4) is 0 Å². The second-order valence-corrected chi connectivity index (χ2v) is 6.04. The van der Waals surface area contributed by atoms with Gasteiger partial charge in [0.25, 0.3) is 0 Å². The average Bonchev–Trinajstić information content (AvgIpc) is 3.02. The van der Waals surface area contributed by atoms with Crippen molar-refractivity contribution in [3.63, 3.8) is 0 Å². The smallest absolute Gasteiger partial charge is 0.338 e. The van der Waals surface area contributed by atoms with Gasteiger partial charge in [-0.2, -0.15) is 0 Å². The number of para-hydroxylation sites is 1. The van der Waals surface area contributed by atoms with Gasteiger partial charge in [-0.25, -0.2) is 4.79 Å². The number of rotatable bonds is 7. The highest BCUT2D eigenvalue weighted by Crippen LogP contribution is 2.28. The number of H-pyrrole nitrogens is 1. The van der Waals surface area contributed by atoms with Crippen LogP contribution in [0.25, 0.3) is 10.9 Å².